The second-order valence-corrected chi connectivity index (χ2v) is 4.96. The van der Waals surface area contributed by atoms with E-state index >= 15 is 0 Å². The van der Waals surface area contributed by atoms with Crippen molar-refractivity contribution in [1.82, 2.24) is 10.3 Å². The predicted molar refractivity (Wildman–Crippen MR) is 73.4 cm³/mol. The van der Waals surface area contributed by atoms with Gasteiger partial charge in [0.25, 0.3) is 0 Å². The van der Waals surface area contributed by atoms with Crippen LogP contribution in [0.2, 0.25) is 15.1 Å². The fourth-order valence-corrected chi connectivity index (χ4v) is 2.18. The number of halogens is 3. The molecule has 0 amide bonds. The number of benzene rings is 2. The van der Waals surface area contributed by atoms with Crippen LogP contribution in [0.5, 0.6) is 11.5 Å². The van der Waals surface area contributed by atoms with Crippen LogP contribution in [0.4, 0.5) is 0 Å². The van der Waals surface area contributed by atoms with Crippen LogP contribution in [0.25, 0.3) is 11.0 Å². The van der Waals surface area contributed by atoms with Crippen molar-refractivity contribution < 1.29 is 9.37 Å². The number of hydrogen-bond acceptors (Lipinski definition) is 4. The summed E-state index contributed by atoms with van der Waals surface area (Å²) in [7, 11) is 0. The first-order valence-electron chi connectivity index (χ1n) is 5.18. The van der Waals surface area contributed by atoms with Crippen LogP contribution in [0.3, 0.4) is 0 Å². The van der Waals surface area contributed by atoms with E-state index in [1.165, 1.54) is 0 Å². The van der Waals surface area contributed by atoms with Crippen molar-refractivity contribution in [2.45, 2.75) is 0 Å². The van der Waals surface area contributed by atoms with Gasteiger partial charge in [-0.1, -0.05) is 34.8 Å². The van der Waals surface area contributed by atoms with Crippen molar-refractivity contribution >= 4 is 45.8 Å². The van der Waals surface area contributed by atoms with Gasteiger partial charge in [-0.15, -0.1) is 0 Å². The van der Waals surface area contributed by atoms with Crippen LogP contribution in [0, 0.1) is 0 Å². The van der Waals surface area contributed by atoms with Crippen LogP contribution in [-0.2, 0) is 0 Å². The third kappa shape index (κ3) is 2.47. The third-order valence-electron chi connectivity index (χ3n) is 2.42. The van der Waals surface area contributed by atoms with Gasteiger partial charge in [0, 0.05) is 11.1 Å². The van der Waals surface area contributed by atoms with E-state index in [1.54, 1.807) is 30.3 Å². The molecule has 3 aromatic rings. The molecular formula is C12H5Cl3N2O2. The van der Waals surface area contributed by atoms with Gasteiger partial charge in [0.05, 0.1) is 10.0 Å². The van der Waals surface area contributed by atoms with Gasteiger partial charge in [-0.3, -0.25) is 0 Å². The Balaban J connectivity index is 2.02. The van der Waals surface area contributed by atoms with E-state index in [-0.39, 0.29) is 0 Å². The highest BCUT2D eigenvalue weighted by Gasteiger charge is 2.11. The summed E-state index contributed by atoms with van der Waals surface area (Å²) in [4.78, 5) is 0. The summed E-state index contributed by atoms with van der Waals surface area (Å²) in [5.74, 6) is 0.859. The molecule has 0 aliphatic carbocycles. The monoisotopic (exact) mass is 314 g/mol. The summed E-state index contributed by atoms with van der Waals surface area (Å²) in [6.07, 6.45) is 0. The summed E-state index contributed by atoms with van der Waals surface area (Å²) in [6, 6.07) is 8.15. The molecule has 0 spiro atoms. The summed E-state index contributed by atoms with van der Waals surface area (Å²) in [5, 5.41) is 8.71. The zero-order chi connectivity index (χ0) is 13.4. The molecule has 0 saturated carbocycles. The summed E-state index contributed by atoms with van der Waals surface area (Å²) < 4.78 is 10.2. The lowest BCUT2D eigenvalue weighted by molar-refractivity contribution is 0.315. The number of nitrogens with zero attached hydrogens (tertiary/aromatic N) is 2. The van der Waals surface area contributed by atoms with Crippen molar-refractivity contribution in [3.8, 4) is 11.5 Å². The van der Waals surface area contributed by atoms with E-state index in [4.69, 9.17) is 39.5 Å². The Morgan fingerprint density at radius 3 is 2.26 bits per heavy atom. The molecule has 0 aliphatic heterocycles. The van der Waals surface area contributed by atoms with E-state index in [0.29, 0.717) is 37.6 Å². The molecule has 4 nitrogen and oxygen atoms in total. The lowest BCUT2D eigenvalue weighted by atomic mass is 10.3. The smallest absolute Gasteiger partial charge is 0.148 e. The second kappa shape index (κ2) is 4.89. The zero-order valence-corrected chi connectivity index (χ0v) is 11.5. The Morgan fingerprint density at radius 2 is 1.53 bits per heavy atom. The largest absolute Gasteiger partial charge is 0.454 e. The third-order valence-corrected chi connectivity index (χ3v) is 3.25. The quantitative estimate of drug-likeness (QED) is 0.669. The summed E-state index contributed by atoms with van der Waals surface area (Å²) in [5.41, 5.74) is 1.10. The van der Waals surface area contributed by atoms with Gasteiger partial charge in [0.1, 0.15) is 22.5 Å². The minimum atomic E-state index is 0.384. The highest BCUT2D eigenvalue weighted by molar-refractivity contribution is 6.35. The van der Waals surface area contributed by atoms with Gasteiger partial charge in [0.15, 0.2) is 0 Å². The fourth-order valence-electron chi connectivity index (χ4n) is 1.54. The lowest BCUT2D eigenvalue weighted by Gasteiger charge is -2.08. The highest BCUT2D eigenvalue weighted by atomic mass is 35.5. The van der Waals surface area contributed by atoms with Gasteiger partial charge in [-0.2, -0.15) is 0 Å². The SMILES string of the molecule is Clc1ccc(Oc2cc3nonc3cc2Cl)c(Cl)c1. The van der Waals surface area contributed by atoms with Crippen LogP contribution in [0.15, 0.2) is 35.0 Å². The number of ether oxygens (including phenoxy) is 1. The maximum absolute atomic E-state index is 6.09. The molecule has 2 aromatic carbocycles. The van der Waals surface area contributed by atoms with Gasteiger partial charge >= 0.3 is 0 Å². The minimum absolute atomic E-state index is 0.384. The van der Waals surface area contributed by atoms with E-state index in [9.17, 15) is 0 Å². The first kappa shape index (κ1) is 12.5. The van der Waals surface area contributed by atoms with Gasteiger partial charge in [0.2, 0.25) is 0 Å². The standard InChI is InChI=1S/C12H5Cl3N2O2/c13-6-1-2-11(7(14)3-6)18-12-5-10-9(4-8(12)15)16-19-17-10/h1-5H. The molecule has 1 heterocycles. The second-order valence-electron chi connectivity index (χ2n) is 3.71. The summed E-state index contributed by atoms with van der Waals surface area (Å²) >= 11 is 17.9. The predicted octanol–water partition coefficient (Wildman–Crippen LogP) is 4.98. The first-order valence-corrected chi connectivity index (χ1v) is 6.31. The van der Waals surface area contributed by atoms with Crippen LogP contribution >= 0.6 is 34.8 Å². The molecule has 7 heteroatoms. The lowest BCUT2D eigenvalue weighted by Crippen LogP contribution is -1.87. The molecule has 0 saturated heterocycles. The molecule has 3 rings (SSSR count). The van der Waals surface area contributed by atoms with Crippen molar-refractivity contribution in [3.05, 3.63) is 45.4 Å². The Bertz CT molecular complexity index is 758. The normalized spacial score (nSPS) is 10.9. The highest BCUT2D eigenvalue weighted by Crippen LogP contribution is 2.36. The maximum Gasteiger partial charge on any atom is 0.148 e. The van der Waals surface area contributed by atoms with Crippen molar-refractivity contribution in [1.29, 1.82) is 0 Å². The molecule has 1 aromatic heterocycles. The fraction of sp³-hybridized carbons (Fsp3) is 0. The molecule has 0 N–H and O–H groups in total. The molecule has 0 atom stereocenters. The zero-order valence-electron chi connectivity index (χ0n) is 9.23. The molecular weight excluding hydrogens is 311 g/mol. The van der Waals surface area contributed by atoms with E-state index in [0.717, 1.165) is 0 Å². The average Bonchev–Trinajstić information content (AvgIpc) is 2.80. The van der Waals surface area contributed by atoms with Crippen molar-refractivity contribution in [3.63, 3.8) is 0 Å². The van der Waals surface area contributed by atoms with Crippen molar-refractivity contribution in [2.75, 3.05) is 0 Å². The number of aromatic nitrogens is 2. The Hall–Kier alpha value is -1.49. The number of fused-ring (bicyclic) bond motifs is 1. The van der Waals surface area contributed by atoms with E-state index in [1.807, 2.05) is 0 Å². The Morgan fingerprint density at radius 1 is 0.842 bits per heavy atom. The molecule has 0 aliphatic rings. The number of hydrogen-bond donors (Lipinski definition) is 0. The Labute approximate surface area is 122 Å². The molecule has 0 unspecified atom stereocenters. The van der Waals surface area contributed by atoms with Crippen LogP contribution < -0.4 is 4.74 Å². The minimum Gasteiger partial charge on any atom is -0.454 e. The first-order chi connectivity index (χ1) is 9.13. The topological polar surface area (TPSA) is 48.2 Å². The molecule has 0 radical (unpaired) electrons. The van der Waals surface area contributed by atoms with Gasteiger partial charge in [-0.05, 0) is 34.6 Å². The average molecular weight is 316 g/mol. The number of rotatable bonds is 2. The molecule has 0 fully saturated rings. The Kier molecular flexibility index (Phi) is 3.22. The molecule has 96 valence electrons. The van der Waals surface area contributed by atoms with Crippen molar-refractivity contribution in [2.24, 2.45) is 0 Å². The molecule has 19 heavy (non-hydrogen) atoms. The van der Waals surface area contributed by atoms with Gasteiger partial charge in [-0.25, -0.2) is 4.63 Å². The van der Waals surface area contributed by atoms with Gasteiger partial charge < -0.3 is 4.74 Å². The van der Waals surface area contributed by atoms with E-state index in [2.05, 4.69) is 14.9 Å². The van der Waals surface area contributed by atoms with Crippen LogP contribution in [0.1, 0.15) is 0 Å². The maximum atomic E-state index is 6.09. The summed E-state index contributed by atoms with van der Waals surface area (Å²) in [6.45, 7) is 0. The molecule has 0 bridgehead atoms. The van der Waals surface area contributed by atoms with E-state index < -0.39 is 0 Å². The van der Waals surface area contributed by atoms with Crippen LogP contribution in [-0.4, -0.2) is 10.3 Å².